The van der Waals surface area contributed by atoms with Crippen LogP contribution < -0.4 is 0 Å². The summed E-state index contributed by atoms with van der Waals surface area (Å²) in [4.78, 5) is 0.296. The lowest BCUT2D eigenvalue weighted by Gasteiger charge is -2.38. The van der Waals surface area contributed by atoms with E-state index in [0.29, 0.717) is 23.9 Å². The van der Waals surface area contributed by atoms with Crippen molar-refractivity contribution in [2.24, 2.45) is 18.4 Å². The SMILES string of the molecule is Cn1cc(S(=O)(=O)N2CCCC(C(C)(C)C)C2)cn1. The van der Waals surface area contributed by atoms with Crippen molar-refractivity contribution in [2.75, 3.05) is 13.1 Å². The highest BCUT2D eigenvalue weighted by Crippen LogP contribution is 2.34. The smallest absolute Gasteiger partial charge is 0.246 e. The van der Waals surface area contributed by atoms with Crippen LogP contribution in [0, 0.1) is 11.3 Å². The molecule has 0 N–H and O–H groups in total. The van der Waals surface area contributed by atoms with Gasteiger partial charge in [-0.15, -0.1) is 0 Å². The van der Waals surface area contributed by atoms with Crippen molar-refractivity contribution < 1.29 is 8.42 Å². The van der Waals surface area contributed by atoms with Crippen LogP contribution in [0.1, 0.15) is 33.6 Å². The van der Waals surface area contributed by atoms with Crippen molar-refractivity contribution in [2.45, 2.75) is 38.5 Å². The lowest BCUT2D eigenvalue weighted by Crippen LogP contribution is -2.43. The lowest BCUT2D eigenvalue weighted by molar-refractivity contribution is 0.148. The van der Waals surface area contributed by atoms with Crippen molar-refractivity contribution in [3.8, 4) is 0 Å². The Hall–Kier alpha value is -0.880. The van der Waals surface area contributed by atoms with Gasteiger partial charge >= 0.3 is 0 Å². The number of hydrogen-bond donors (Lipinski definition) is 0. The van der Waals surface area contributed by atoms with Crippen LogP contribution in [-0.2, 0) is 17.1 Å². The molecular formula is C13H23N3O2S. The van der Waals surface area contributed by atoms with E-state index in [4.69, 9.17) is 0 Å². The molecule has 0 bridgehead atoms. The third kappa shape index (κ3) is 3.00. The molecule has 0 saturated carbocycles. The fourth-order valence-electron chi connectivity index (χ4n) is 2.55. The summed E-state index contributed by atoms with van der Waals surface area (Å²) in [5.41, 5.74) is 0.142. The second-order valence-corrected chi connectivity index (χ2v) is 8.36. The maximum absolute atomic E-state index is 12.5. The van der Waals surface area contributed by atoms with Gasteiger partial charge in [-0.3, -0.25) is 4.68 Å². The first-order valence-electron chi connectivity index (χ1n) is 6.70. The fourth-order valence-corrected chi connectivity index (χ4v) is 4.06. The minimum absolute atomic E-state index is 0.142. The highest BCUT2D eigenvalue weighted by atomic mass is 32.2. The average Bonchev–Trinajstić information content (AvgIpc) is 2.76. The van der Waals surface area contributed by atoms with Crippen molar-refractivity contribution in [3.63, 3.8) is 0 Å². The minimum atomic E-state index is -3.38. The second kappa shape index (κ2) is 4.90. The van der Waals surface area contributed by atoms with Crippen LogP contribution in [-0.4, -0.2) is 35.6 Å². The molecule has 1 unspecified atom stereocenters. The first-order chi connectivity index (χ1) is 8.71. The van der Waals surface area contributed by atoms with E-state index in [9.17, 15) is 8.42 Å². The van der Waals surface area contributed by atoms with E-state index in [-0.39, 0.29) is 5.41 Å². The fraction of sp³-hybridized carbons (Fsp3) is 0.769. The van der Waals surface area contributed by atoms with Gasteiger partial charge in [-0.1, -0.05) is 20.8 Å². The van der Waals surface area contributed by atoms with Gasteiger partial charge in [-0.25, -0.2) is 8.42 Å². The largest absolute Gasteiger partial charge is 0.274 e. The van der Waals surface area contributed by atoms with Gasteiger partial charge in [0.2, 0.25) is 10.0 Å². The molecule has 1 saturated heterocycles. The number of hydrogen-bond acceptors (Lipinski definition) is 3. The zero-order chi connectivity index (χ0) is 14.3. The van der Waals surface area contributed by atoms with Gasteiger partial charge in [0.05, 0.1) is 6.20 Å². The predicted molar refractivity (Wildman–Crippen MR) is 74.1 cm³/mol. The van der Waals surface area contributed by atoms with Gasteiger partial charge in [0.1, 0.15) is 4.90 Å². The van der Waals surface area contributed by atoms with E-state index in [0.717, 1.165) is 12.8 Å². The van der Waals surface area contributed by atoms with Crippen LogP contribution in [0.5, 0.6) is 0 Å². The Labute approximate surface area is 115 Å². The maximum Gasteiger partial charge on any atom is 0.246 e. The minimum Gasteiger partial charge on any atom is -0.274 e. The third-order valence-electron chi connectivity index (χ3n) is 3.93. The van der Waals surface area contributed by atoms with Crippen molar-refractivity contribution in [1.29, 1.82) is 0 Å². The summed E-state index contributed by atoms with van der Waals surface area (Å²) < 4.78 is 28.2. The Morgan fingerprint density at radius 3 is 2.58 bits per heavy atom. The molecule has 5 nitrogen and oxygen atoms in total. The Balaban J connectivity index is 2.22. The highest BCUT2D eigenvalue weighted by molar-refractivity contribution is 7.89. The summed E-state index contributed by atoms with van der Waals surface area (Å²) in [6, 6.07) is 0. The molecule has 1 fully saturated rings. The maximum atomic E-state index is 12.5. The molecule has 1 aliphatic heterocycles. The molecule has 0 amide bonds. The monoisotopic (exact) mass is 285 g/mol. The van der Waals surface area contributed by atoms with Crippen molar-refractivity contribution in [1.82, 2.24) is 14.1 Å². The number of aryl methyl sites for hydroxylation is 1. The Morgan fingerprint density at radius 2 is 2.05 bits per heavy atom. The zero-order valence-electron chi connectivity index (χ0n) is 12.1. The molecule has 19 heavy (non-hydrogen) atoms. The van der Waals surface area contributed by atoms with Crippen LogP contribution in [0.4, 0.5) is 0 Å². The first kappa shape index (κ1) is 14.5. The summed E-state index contributed by atoms with van der Waals surface area (Å²) in [5.74, 6) is 0.410. The van der Waals surface area contributed by atoms with Crippen LogP contribution in [0.25, 0.3) is 0 Å². The number of piperidine rings is 1. The number of nitrogens with zero attached hydrogens (tertiary/aromatic N) is 3. The van der Waals surface area contributed by atoms with Crippen molar-refractivity contribution >= 4 is 10.0 Å². The predicted octanol–water partition coefficient (Wildman–Crippen LogP) is 1.87. The molecule has 0 radical (unpaired) electrons. The molecule has 0 spiro atoms. The molecule has 2 heterocycles. The first-order valence-corrected chi connectivity index (χ1v) is 8.14. The Morgan fingerprint density at radius 1 is 1.37 bits per heavy atom. The molecule has 1 aliphatic rings. The van der Waals surface area contributed by atoms with Crippen LogP contribution in [0.15, 0.2) is 17.3 Å². The summed E-state index contributed by atoms with van der Waals surface area (Å²) >= 11 is 0. The zero-order valence-corrected chi connectivity index (χ0v) is 12.9. The second-order valence-electron chi connectivity index (χ2n) is 6.42. The van der Waals surface area contributed by atoms with E-state index in [1.54, 1.807) is 17.5 Å². The van der Waals surface area contributed by atoms with Gasteiger partial charge in [0, 0.05) is 26.3 Å². The highest BCUT2D eigenvalue weighted by Gasteiger charge is 2.35. The molecular weight excluding hydrogens is 262 g/mol. The number of rotatable bonds is 2. The molecule has 1 aromatic heterocycles. The molecule has 6 heteroatoms. The Kier molecular flexibility index (Phi) is 3.75. The molecule has 0 aromatic carbocycles. The summed E-state index contributed by atoms with van der Waals surface area (Å²) in [7, 11) is -1.66. The molecule has 108 valence electrons. The summed E-state index contributed by atoms with van der Waals surface area (Å²) in [5, 5.41) is 3.96. The van der Waals surface area contributed by atoms with E-state index in [1.165, 1.54) is 10.9 Å². The summed E-state index contributed by atoms with van der Waals surface area (Å²) in [6.07, 6.45) is 5.02. The third-order valence-corrected chi connectivity index (χ3v) is 5.75. The van der Waals surface area contributed by atoms with Gasteiger partial charge in [-0.05, 0) is 24.2 Å². The van der Waals surface area contributed by atoms with Crippen LogP contribution >= 0.6 is 0 Å². The normalized spacial score (nSPS) is 22.6. The van der Waals surface area contributed by atoms with Crippen LogP contribution in [0.3, 0.4) is 0 Å². The number of sulfonamides is 1. The van der Waals surface area contributed by atoms with E-state index >= 15 is 0 Å². The van der Waals surface area contributed by atoms with Gasteiger partial charge < -0.3 is 0 Å². The van der Waals surface area contributed by atoms with Crippen molar-refractivity contribution in [3.05, 3.63) is 12.4 Å². The topological polar surface area (TPSA) is 55.2 Å². The van der Waals surface area contributed by atoms with E-state index < -0.39 is 10.0 Å². The average molecular weight is 285 g/mol. The van der Waals surface area contributed by atoms with E-state index in [1.807, 2.05) is 0 Å². The van der Waals surface area contributed by atoms with E-state index in [2.05, 4.69) is 25.9 Å². The quantitative estimate of drug-likeness (QED) is 0.833. The van der Waals surface area contributed by atoms with Crippen LogP contribution in [0.2, 0.25) is 0 Å². The Bertz CT molecular complexity index is 542. The summed E-state index contributed by atoms with van der Waals surface area (Å²) in [6.45, 7) is 7.76. The standard InChI is InChI=1S/C13H23N3O2S/c1-13(2,3)11-6-5-7-16(9-11)19(17,18)12-8-14-15(4)10-12/h8,10-11H,5-7,9H2,1-4H3. The number of aromatic nitrogens is 2. The molecule has 1 aromatic rings. The van der Waals surface area contributed by atoms with Gasteiger partial charge in [-0.2, -0.15) is 9.40 Å². The van der Waals surface area contributed by atoms with Gasteiger partial charge in [0.25, 0.3) is 0 Å². The molecule has 0 aliphatic carbocycles. The van der Waals surface area contributed by atoms with Gasteiger partial charge in [0.15, 0.2) is 0 Å². The molecule has 1 atom stereocenters. The molecule has 2 rings (SSSR count). The lowest BCUT2D eigenvalue weighted by atomic mass is 9.77.